The van der Waals surface area contributed by atoms with E-state index < -0.39 is 24.9 Å². The van der Waals surface area contributed by atoms with Gasteiger partial charge in [0.15, 0.2) is 6.23 Å². The minimum Gasteiger partial charge on any atom is -0.394 e. The monoisotopic (exact) mass is 237 g/mol. The highest BCUT2D eigenvalue weighted by Crippen LogP contribution is 2.25. The van der Waals surface area contributed by atoms with Gasteiger partial charge in [-0.25, -0.2) is 8.78 Å². The minimum atomic E-state index is -2.90. The van der Waals surface area contributed by atoms with Crippen LogP contribution in [0.1, 0.15) is 13.3 Å². The van der Waals surface area contributed by atoms with Crippen LogP contribution in [-0.2, 0) is 9.47 Å². The Labute approximate surface area is 90.8 Å². The number of azide groups is 1. The molecule has 16 heavy (non-hydrogen) atoms. The number of nitrogens with zero attached hydrogens (tertiary/aromatic N) is 3. The summed E-state index contributed by atoms with van der Waals surface area (Å²) >= 11 is 0. The zero-order chi connectivity index (χ0) is 12.1. The van der Waals surface area contributed by atoms with Crippen LogP contribution in [-0.4, -0.2) is 42.7 Å². The Morgan fingerprint density at radius 1 is 1.69 bits per heavy atom. The summed E-state index contributed by atoms with van der Waals surface area (Å²) in [6.45, 7) is 1.43. The number of hydrogen-bond acceptors (Lipinski definition) is 4. The van der Waals surface area contributed by atoms with Crippen molar-refractivity contribution in [1.82, 2.24) is 0 Å². The molecule has 0 aromatic carbocycles. The summed E-state index contributed by atoms with van der Waals surface area (Å²) in [6, 6.07) is 0. The number of aliphatic hydroxyl groups is 1. The van der Waals surface area contributed by atoms with Crippen LogP contribution in [0.4, 0.5) is 8.78 Å². The number of alkyl halides is 2. The first-order valence-electron chi connectivity index (χ1n) is 4.82. The van der Waals surface area contributed by atoms with Gasteiger partial charge in [-0.1, -0.05) is 5.11 Å². The zero-order valence-corrected chi connectivity index (χ0v) is 8.66. The Kier molecular flexibility index (Phi) is 4.88. The lowest BCUT2D eigenvalue weighted by Gasteiger charge is -2.20. The van der Waals surface area contributed by atoms with Crippen LogP contribution < -0.4 is 0 Å². The van der Waals surface area contributed by atoms with E-state index in [1.54, 1.807) is 6.92 Å². The van der Waals surface area contributed by atoms with Crippen molar-refractivity contribution in [1.29, 1.82) is 0 Å². The van der Waals surface area contributed by atoms with Gasteiger partial charge in [0, 0.05) is 11.3 Å². The third kappa shape index (κ3) is 3.28. The molecule has 6 nitrogen and oxygen atoms in total. The van der Waals surface area contributed by atoms with Crippen molar-refractivity contribution in [3.8, 4) is 0 Å². The van der Waals surface area contributed by atoms with Crippen LogP contribution in [0.5, 0.6) is 0 Å². The largest absolute Gasteiger partial charge is 0.394 e. The minimum absolute atomic E-state index is 0.175. The quantitative estimate of drug-likeness (QED) is 0.446. The van der Waals surface area contributed by atoms with E-state index in [-0.39, 0.29) is 12.7 Å². The second-order valence-corrected chi connectivity index (χ2v) is 3.51. The lowest BCUT2D eigenvalue weighted by Crippen LogP contribution is -2.33. The summed E-state index contributed by atoms with van der Waals surface area (Å²) in [7, 11) is 0. The Balaban J connectivity index is 2.59. The Morgan fingerprint density at radius 2 is 2.38 bits per heavy atom. The lowest BCUT2D eigenvalue weighted by molar-refractivity contribution is -0.115. The fraction of sp³-hybridized carbons (Fsp3) is 1.00. The van der Waals surface area contributed by atoms with Crippen LogP contribution in [0.3, 0.4) is 0 Å². The van der Waals surface area contributed by atoms with Crippen molar-refractivity contribution >= 4 is 0 Å². The molecule has 0 aromatic heterocycles. The molecule has 1 heterocycles. The summed E-state index contributed by atoms with van der Waals surface area (Å²) in [4.78, 5) is 2.29. The second kappa shape index (κ2) is 5.95. The van der Waals surface area contributed by atoms with E-state index in [1.807, 2.05) is 0 Å². The second-order valence-electron chi connectivity index (χ2n) is 3.51. The van der Waals surface area contributed by atoms with E-state index >= 15 is 0 Å². The number of aliphatic hydroxyl groups excluding tert-OH is 1. The molecule has 0 spiro atoms. The molecule has 0 aliphatic carbocycles. The topological polar surface area (TPSA) is 87.5 Å². The van der Waals surface area contributed by atoms with Crippen molar-refractivity contribution in [2.45, 2.75) is 44.3 Å². The predicted molar refractivity (Wildman–Crippen MR) is 49.8 cm³/mol. The van der Waals surface area contributed by atoms with Gasteiger partial charge < -0.3 is 14.6 Å². The van der Waals surface area contributed by atoms with Gasteiger partial charge >= 0.3 is 0 Å². The Hall–Kier alpha value is -0.950. The summed E-state index contributed by atoms with van der Waals surface area (Å²) in [5.74, 6) is 0. The molecule has 92 valence electrons. The molecule has 8 heteroatoms. The van der Waals surface area contributed by atoms with Crippen LogP contribution in [0, 0.1) is 0 Å². The van der Waals surface area contributed by atoms with Crippen molar-refractivity contribution in [2.24, 2.45) is 5.11 Å². The summed E-state index contributed by atoms with van der Waals surface area (Å²) < 4.78 is 34.9. The maximum atomic E-state index is 12.4. The third-order valence-electron chi connectivity index (χ3n) is 2.26. The lowest BCUT2D eigenvalue weighted by atomic mass is 10.1. The Bertz CT molecular complexity index is 273. The van der Waals surface area contributed by atoms with E-state index in [9.17, 15) is 8.78 Å². The molecule has 0 aromatic rings. The van der Waals surface area contributed by atoms with E-state index in [0.717, 1.165) is 0 Å². The summed E-state index contributed by atoms with van der Waals surface area (Å²) in [5.41, 5.74) is 8.10. The summed E-state index contributed by atoms with van der Waals surface area (Å²) in [5, 5.41) is 11.8. The molecule has 1 saturated heterocycles. The molecule has 1 aliphatic heterocycles. The van der Waals surface area contributed by atoms with Crippen molar-refractivity contribution < 1.29 is 23.4 Å². The van der Waals surface area contributed by atoms with E-state index in [2.05, 4.69) is 10.0 Å². The molecule has 1 aliphatic rings. The average molecular weight is 237 g/mol. The van der Waals surface area contributed by atoms with E-state index in [4.69, 9.17) is 20.1 Å². The zero-order valence-electron chi connectivity index (χ0n) is 8.66. The molecule has 1 N–H and O–H groups in total. The molecule has 0 amide bonds. The number of rotatable bonds is 5. The molecule has 0 bridgehead atoms. The molecule has 2 unspecified atom stereocenters. The molecular weight excluding hydrogens is 224 g/mol. The highest BCUT2D eigenvalue weighted by molar-refractivity contribution is 4.82. The fourth-order valence-electron chi connectivity index (χ4n) is 1.59. The van der Waals surface area contributed by atoms with Crippen LogP contribution in [0.15, 0.2) is 5.11 Å². The normalized spacial score (nSPS) is 31.4. The smallest absolute Gasteiger partial charge is 0.270 e. The standard InChI is InChI=1S/C8H13F2N3O3/c1-4-2-5(6(3-14)15-4)16-8(7(9)10)12-13-11/h4-8,14H,2-3H2,1H3/t4-,5?,6+,8?/m0/s1. The van der Waals surface area contributed by atoms with Crippen molar-refractivity contribution in [2.75, 3.05) is 6.61 Å². The molecule has 1 fully saturated rings. The molecule has 4 atom stereocenters. The highest BCUT2D eigenvalue weighted by atomic mass is 19.3. The van der Waals surface area contributed by atoms with Gasteiger partial charge in [-0.15, -0.1) is 0 Å². The van der Waals surface area contributed by atoms with Gasteiger partial charge in [-0.05, 0) is 12.5 Å². The van der Waals surface area contributed by atoms with Gasteiger partial charge in [-0.3, -0.25) is 0 Å². The number of hydrogen-bond donors (Lipinski definition) is 1. The first-order valence-corrected chi connectivity index (χ1v) is 4.82. The van der Waals surface area contributed by atoms with Crippen LogP contribution >= 0.6 is 0 Å². The van der Waals surface area contributed by atoms with Gasteiger partial charge in [0.25, 0.3) is 6.43 Å². The maximum Gasteiger partial charge on any atom is 0.270 e. The van der Waals surface area contributed by atoms with Gasteiger partial charge in [0.1, 0.15) is 6.10 Å². The maximum absolute atomic E-state index is 12.4. The molecular formula is C8H13F2N3O3. The first kappa shape index (κ1) is 13.1. The van der Waals surface area contributed by atoms with Crippen LogP contribution in [0.25, 0.3) is 10.4 Å². The number of ether oxygens (including phenoxy) is 2. The first-order chi connectivity index (χ1) is 7.58. The van der Waals surface area contributed by atoms with Gasteiger partial charge in [-0.2, -0.15) is 0 Å². The van der Waals surface area contributed by atoms with E-state index in [0.29, 0.717) is 6.42 Å². The highest BCUT2D eigenvalue weighted by Gasteiger charge is 2.36. The third-order valence-corrected chi connectivity index (χ3v) is 2.26. The molecule has 0 saturated carbocycles. The van der Waals surface area contributed by atoms with E-state index in [1.165, 1.54) is 0 Å². The van der Waals surface area contributed by atoms with Crippen molar-refractivity contribution in [3.05, 3.63) is 10.4 Å². The predicted octanol–water partition coefficient (Wildman–Crippen LogP) is 1.44. The van der Waals surface area contributed by atoms with Crippen molar-refractivity contribution in [3.63, 3.8) is 0 Å². The SMILES string of the molecule is C[C@H]1CC(OC(N=[N+]=[N-])C(F)F)[C@@H](CO)O1. The van der Waals surface area contributed by atoms with Gasteiger partial charge in [0.2, 0.25) is 0 Å². The average Bonchev–Trinajstić information content (AvgIpc) is 2.58. The molecule has 1 rings (SSSR count). The Morgan fingerprint density at radius 3 is 2.88 bits per heavy atom. The van der Waals surface area contributed by atoms with Gasteiger partial charge in [0.05, 0.1) is 18.8 Å². The molecule has 0 radical (unpaired) electrons. The fourth-order valence-corrected chi connectivity index (χ4v) is 1.59. The summed E-state index contributed by atoms with van der Waals surface area (Å²) in [6.07, 6.45) is -5.85. The number of halogens is 2. The van der Waals surface area contributed by atoms with Crippen LogP contribution in [0.2, 0.25) is 0 Å².